The van der Waals surface area contributed by atoms with Crippen LogP contribution in [0.15, 0.2) is 41.0 Å². The maximum Gasteiger partial charge on any atom is 0.360 e. The number of methoxy groups -OCH3 is 1. The molecule has 26 heavy (non-hydrogen) atoms. The van der Waals surface area contributed by atoms with Gasteiger partial charge in [-0.2, -0.15) is 0 Å². The number of amides is 1. The van der Waals surface area contributed by atoms with Crippen molar-refractivity contribution in [1.29, 1.82) is 0 Å². The predicted molar refractivity (Wildman–Crippen MR) is 94.7 cm³/mol. The molecule has 140 valence electrons. The fraction of sp³-hybridized carbons (Fsp3) is 0.421. The van der Waals surface area contributed by atoms with E-state index in [1.165, 1.54) is 13.4 Å². The fourth-order valence-electron chi connectivity index (χ4n) is 2.34. The topological polar surface area (TPSA) is 81.9 Å². The van der Waals surface area contributed by atoms with Gasteiger partial charge in [-0.05, 0) is 18.6 Å². The maximum atomic E-state index is 12.6. The highest BCUT2D eigenvalue weighted by Gasteiger charge is 2.19. The normalized spacial score (nSPS) is 10.4. The third kappa shape index (κ3) is 5.91. The number of carbonyl (C=O) groups excluding carboxylic acids is 2. The van der Waals surface area contributed by atoms with Crippen molar-refractivity contribution in [2.24, 2.45) is 0 Å². The first kappa shape index (κ1) is 19.5. The smallest absolute Gasteiger partial charge is 0.360 e. The Morgan fingerprint density at radius 1 is 1.19 bits per heavy atom. The molecule has 0 N–H and O–H groups in total. The third-order valence-electron chi connectivity index (χ3n) is 3.76. The number of ether oxygens (including phenoxy) is 2. The molecule has 2 aromatic rings. The molecule has 1 aromatic heterocycles. The van der Waals surface area contributed by atoms with E-state index >= 15 is 0 Å². The Morgan fingerprint density at radius 3 is 2.65 bits per heavy atom. The van der Waals surface area contributed by atoms with Gasteiger partial charge in [-0.1, -0.05) is 38.0 Å². The van der Waals surface area contributed by atoms with Crippen molar-refractivity contribution in [3.63, 3.8) is 0 Å². The summed E-state index contributed by atoms with van der Waals surface area (Å²) in [5.74, 6) is 0.187. The molecule has 0 aliphatic rings. The summed E-state index contributed by atoms with van der Waals surface area (Å²) in [4.78, 5) is 29.7. The summed E-state index contributed by atoms with van der Waals surface area (Å²) in [5, 5.41) is 0. The molecular weight excluding hydrogens is 336 g/mol. The molecule has 0 radical (unpaired) electrons. The fourth-order valence-corrected chi connectivity index (χ4v) is 2.34. The van der Waals surface area contributed by atoms with Gasteiger partial charge < -0.3 is 18.8 Å². The highest BCUT2D eigenvalue weighted by Crippen LogP contribution is 2.11. The number of carbonyl (C=O) groups is 2. The zero-order valence-electron chi connectivity index (χ0n) is 15.1. The number of esters is 1. The minimum atomic E-state index is -0.573. The van der Waals surface area contributed by atoms with E-state index in [9.17, 15) is 9.59 Å². The number of hydrogen-bond acceptors (Lipinski definition) is 6. The van der Waals surface area contributed by atoms with E-state index in [2.05, 4.69) is 16.6 Å². The van der Waals surface area contributed by atoms with Gasteiger partial charge in [0.15, 0.2) is 12.3 Å². The molecule has 0 saturated carbocycles. The van der Waals surface area contributed by atoms with Crippen molar-refractivity contribution < 1.29 is 23.5 Å². The Hall–Kier alpha value is -2.83. The van der Waals surface area contributed by atoms with E-state index in [1.54, 1.807) is 17.0 Å². The van der Waals surface area contributed by atoms with Gasteiger partial charge in [-0.25, -0.2) is 9.78 Å². The van der Waals surface area contributed by atoms with Crippen LogP contribution in [-0.2, 0) is 16.1 Å². The van der Waals surface area contributed by atoms with Gasteiger partial charge in [0.1, 0.15) is 12.0 Å². The van der Waals surface area contributed by atoms with Crippen LogP contribution in [0.4, 0.5) is 0 Å². The number of para-hydroxylation sites is 1. The molecule has 7 nitrogen and oxygen atoms in total. The van der Waals surface area contributed by atoms with E-state index in [-0.39, 0.29) is 30.6 Å². The molecule has 7 heteroatoms. The summed E-state index contributed by atoms with van der Waals surface area (Å²) in [6.07, 6.45) is 4.17. The minimum Gasteiger partial charge on any atom is -0.484 e. The van der Waals surface area contributed by atoms with Crippen LogP contribution in [-0.4, -0.2) is 42.0 Å². The lowest BCUT2D eigenvalue weighted by atomic mass is 10.2. The van der Waals surface area contributed by atoms with Crippen molar-refractivity contribution in [2.75, 3.05) is 20.3 Å². The first-order valence-corrected chi connectivity index (χ1v) is 8.62. The highest BCUT2D eigenvalue weighted by molar-refractivity contribution is 5.86. The number of nitrogens with zero attached hydrogens (tertiary/aromatic N) is 2. The van der Waals surface area contributed by atoms with Crippen molar-refractivity contribution in [3.05, 3.63) is 48.2 Å². The second-order valence-corrected chi connectivity index (χ2v) is 5.74. The molecule has 0 bridgehead atoms. The summed E-state index contributed by atoms with van der Waals surface area (Å²) in [7, 11) is 1.28. The Labute approximate surface area is 152 Å². The number of unbranched alkanes of at least 4 members (excludes halogenated alkanes) is 2. The summed E-state index contributed by atoms with van der Waals surface area (Å²) >= 11 is 0. The molecule has 2 rings (SSSR count). The van der Waals surface area contributed by atoms with Crippen LogP contribution in [0.3, 0.4) is 0 Å². The molecule has 0 atom stereocenters. The van der Waals surface area contributed by atoms with Crippen molar-refractivity contribution >= 4 is 11.9 Å². The number of aromatic nitrogens is 1. The van der Waals surface area contributed by atoms with Crippen LogP contribution in [0.1, 0.15) is 42.6 Å². The molecule has 1 amide bonds. The molecular formula is C19H24N2O5. The molecule has 0 unspecified atom stereocenters. The highest BCUT2D eigenvalue weighted by atomic mass is 16.5. The first-order valence-electron chi connectivity index (χ1n) is 8.62. The molecule has 0 aliphatic carbocycles. The van der Waals surface area contributed by atoms with Gasteiger partial charge in [0, 0.05) is 6.54 Å². The molecule has 1 aromatic carbocycles. The first-order chi connectivity index (χ1) is 12.6. The number of hydrogen-bond donors (Lipinski definition) is 0. The number of benzene rings is 1. The number of rotatable bonds is 10. The second kappa shape index (κ2) is 10.2. The summed E-state index contributed by atoms with van der Waals surface area (Å²) in [5.41, 5.74) is 0.0870. The van der Waals surface area contributed by atoms with E-state index in [0.717, 1.165) is 19.3 Å². The van der Waals surface area contributed by atoms with Crippen molar-refractivity contribution in [3.8, 4) is 5.75 Å². The van der Waals surface area contributed by atoms with E-state index in [1.807, 2.05) is 18.2 Å². The van der Waals surface area contributed by atoms with Gasteiger partial charge in [0.05, 0.1) is 13.7 Å². The van der Waals surface area contributed by atoms with Crippen LogP contribution in [0.5, 0.6) is 5.75 Å². The molecule has 0 fully saturated rings. The Balaban J connectivity index is 1.98. The zero-order valence-corrected chi connectivity index (χ0v) is 15.1. The summed E-state index contributed by atoms with van der Waals surface area (Å²) < 4.78 is 15.4. The van der Waals surface area contributed by atoms with E-state index in [4.69, 9.17) is 9.15 Å². The van der Waals surface area contributed by atoms with Crippen molar-refractivity contribution in [1.82, 2.24) is 9.88 Å². The van der Waals surface area contributed by atoms with Gasteiger partial charge in [-0.3, -0.25) is 4.79 Å². The van der Waals surface area contributed by atoms with E-state index in [0.29, 0.717) is 12.3 Å². The molecule has 0 saturated heterocycles. The van der Waals surface area contributed by atoms with Crippen LogP contribution in [0.25, 0.3) is 0 Å². The molecule has 0 spiro atoms. The SMILES string of the molecule is CCCCCN(Cc1nc(C(=O)OC)co1)C(=O)COc1ccccc1. The average Bonchev–Trinajstić information content (AvgIpc) is 3.14. The Bertz CT molecular complexity index is 699. The van der Waals surface area contributed by atoms with Gasteiger partial charge in [0.2, 0.25) is 5.89 Å². The van der Waals surface area contributed by atoms with Crippen molar-refractivity contribution in [2.45, 2.75) is 32.7 Å². The second-order valence-electron chi connectivity index (χ2n) is 5.74. The van der Waals surface area contributed by atoms with Crippen LogP contribution in [0, 0.1) is 0 Å². The third-order valence-corrected chi connectivity index (χ3v) is 3.76. The lowest BCUT2D eigenvalue weighted by Crippen LogP contribution is -2.35. The quantitative estimate of drug-likeness (QED) is 0.478. The summed E-state index contributed by atoms with van der Waals surface area (Å²) in [6, 6.07) is 9.17. The zero-order chi connectivity index (χ0) is 18.8. The maximum absolute atomic E-state index is 12.6. The molecule has 0 aliphatic heterocycles. The van der Waals surface area contributed by atoms with Gasteiger partial charge in [-0.15, -0.1) is 0 Å². The Kier molecular flexibility index (Phi) is 7.67. The monoisotopic (exact) mass is 360 g/mol. The Morgan fingerprint density at radius 2 is 1.96 bits per heavy atom. The average molecular weight is 360 g/mol. The van der Waals surface area contributed by atoms with Gasteiger partial charge in [0.25, 0.3) is 5.91 Å². The standard InChI is InChI=1S/C19H24N2O5/c1-3-4-8-11-21(12-17-20-16(13-26-17)19(23)24-2)18(22)14-25-15-9-6-5-7-10-15/h5-7,9-10,13H,3-4,8,11-12,14H2,1-2H3. The minimum absolute atomic E-state index is 0.0687. The lowest BCUT2D eigenvalue weighted by molar-refractivity contribution is -0.134. The largest absolute Gasteiger partial charge is 0.484 e. The van der Waals surface area contributed by atoms with Gasteiger partial charge >= 0.3 is 5.97 Å². The van der Waals surface area contributed by atoms with Crippen LogP contribution in [0.2, 0.25) is 0 Å². The van der Waals surface area contributed by atoms with Crippen LogP contribution < -0.4 is 4.74 Å². The number of oxazole rings is 1. The predicted octanol–water partition coefficient (Wildman–Crippen LogP) is 3.06. The van der Waals surface area contributed by atoms with E-state index < -0.39 is 5.97 Å². The molecule has 1 heterocycles. The van der Waals surface area contributed by atoms with Crippen LogP contribution >= 0.6 is 0 Å². The lowest BCUT2D eigenvalue weighted by Gasteiger charge is -2.21. The summed E-state index contributed by atoms with van der Waals surface area (Å²) in [6.45, 7) is 2.78.